The zero-order valence-corrected chi connectivity index (χ0v) is 18.1. The Morgan fingerprint density at radius 2 is 1.61 bits per heavy atom. The van der Waals surface area contributed by atoms with Crippen LogP contribution in [0.1, 0.15) is 18.5 Å². The van der Waals surface area contributed by atoms with Crippen molar-refractivity contribution in [1.82, 2.24) is 15.0 Å². The Labute approximate surface area is 192 Å². The molecule has 0 radical (unpaired) electrons. The molecule has 166 valence electrons. The zero-order valence-electron chi connectivity index (χ0n) is 18.1. The summed E-state index contributed by atoms with van der Waals surface area (Å²) in [5.41, 5.74) is 1.52. The highest BCUT2D eigenvalue weighted by atomic mass is 16.5. The van der Waals surface area contributed by atoms with Gasteiger partial charge in [-0.05, 0) is 67.8 Å². The molecule has 3 aromatic rings. The van der Waals surface area contributed by atoms with Gasteiger partial charge >= 0.3 is 0 Å². The Balaban J connectivity index is 1.28. The molecule has 33 heavy (non-hydrogen) atoms. The van der Waals surface area contributed by atoms with Gasteiger partial charge in [0.1, 0.15) is 0 Å². The van der Waals surface area contributed by atoms with Gasteiger partial charge in [-0.2, -0.15) is 0 Å². The molecule has 1 fully saturated rings. The van der Waals surface area contributed by atoms with Gasteiger partial charge < -0.3 is 4.74 Å². The third kappa shape index (κ3) is 4.27. The quantitative estimate of drug-likeness (QED) is 0.585. The van der Waals surface area contributed by atoms with Crippen molar-refractivity contribution in [3.8, 4) is 5.69 Å². The van der Waals surface area contributed by atoms with Gasteiger partial charge in [-0.15, -0.1) is 5.10 Å². The molecule has 7 heteroatoms. The Morgan fingerprint density at radius 3 is 2.30 bits per heavy atom. The number of amides is 1. The number of aryl methyl sites for hydroxylation is 1. The van der Waals surface area contributed by atoms with Crippen molar-refractivity contribution in [2.75, 3.05) is 11.5 Å². The van der Waals surface area contributed by atoms with Crippen LogP contribution in [0.25, 0.3) is 5.69 Å². The standard InChI is InChI=1S/C26H24N4O3/c31-24-14-16-26(17-15-24)30(23-12-5-2-6-13-23)25(32)20(19-33-26)8-7-9-21-18-29(28-27-21)22-10-3-1-4-11-22/h1-6,10-18,20H,7-9,19H2. The van der Waals surface area contributed by atoms with Crippen LogP contribution in [-0.4, -0.2) is 39.0 Å². The third-order valence-corrected chi connectivity index (χ3v) is 5.97. The number of ether oxygens (including phenoxy) is 1. The molecule has 0 bridgehead atoms. The molecule has 7 nitrogen and oxygen atoms in total. The minimum Gasteiger partial charge on any atom is -0.347 e. The van der Waals surface area contributed by atoms with Crippen LogP contribution in [0.15, 0.2) is 91.2 Å². The first-order valence-electron chi connectivity index (χ1n) is 11.1. The van der Waals surface area contributed by atoms with E-state index in [9.17, 15) is 9.59 Å². The van der Waals surface area contributed by atoms with E-state index in [4.69, 9.17) is 4.74 Å². The summed E-state index contributed by atoms with van der Waals surface area (Å²) in [6.45, 7) is 0.293. The van der Waals surface area contributed by atoms with Crippen molar-refractivity contribution in [3.63, 3.8) is 0 Å². The molecule has 1 aliphatic carbocycles. The predicted molar refractivity (Wildman–Crippen MR) is 124 cm³/mol. The summed E-state index contributed by atoms with van der Waals surface area (Å²) in [4.78, 5) is 26.9. The monoisotopic (exact) mass is 440 g/mol. The summed E-state index contributed by atoms with van der Waals surface area (Å²) in [7, 11) is 0. The molecule has 2 heterocycles. The van der Waals surface area contributed by atoms with Gasteiger partial charge in [0.15, 0.2) is 11.5 Å². The number of ketones is 1. The topological polar surface area (TPSA) is 77.3 Å². The first kappa shape index (κ1) is 21.0. The van der Waals surface area contributed by atoms with Gasteiger partial charge in [0, 0.05) is 5.69 Å². The van der Waals surface area contributed by atoms with Crippen molar-refractivity contribution in [2.45, 2.75) is 25.0 Å². The van der Waals surface area contributed by atoms with Crippen molar-refractivity contribution in [2.24, 2.45) is 5.92 Å². The van der Waals surface area contributed by atoms with Crippen LogP contribution in [0.5, 0.6) is 0 Å². The van der Waals surface area contributed by atoms with Crippen LogP contribution >= 0.6 is 0 Å². The SMILES string of the molecule is O=C1C=CC2(C=C1)OCC(CCCc1cn(-c3ccccc3)nn1)C(=O)N2c1ccccc1. The number of carbonyl (C=O) groups is 2. The van der Waals surface area contributed by atoms with Gasteiger partial charge in [-0.1, -0.05) is 41.6 Å². The number of rotatable bonds is 6. The smallest absolute Gasteiger partial charge is 0.235 e. The van der Waals surface area contributed by atoms with E-state index in [1.807, 2.05) is 66.9 Å². The lowest BCUT2D eigenvalue weighted by molar-refractivity contribution is -0.138. The largest absolute Gasteiger partial charge is 0.347 e. The molecule has 2 aromatic carbocycles. The minimum absolute atomic E-state index is 0.0101. The fraction of sp³-hybridized carbons (Fsp3) is 0.231. The van der Waals surface area contributed by atoms with Gasteiger partial charge in [-0.3, -0.25) is 14.5 Å². The fourth-order valence-electron chi connectivity index (χ4n) is 4.25. The van der Waals surface area contributed by atoms with Crippen LogP contribution in [0, 0.1) is 5.92 Å². The van der Waals surface area contributed by atoms with E-state index in [2.05, 4.69) is 10.3 Å². The van der Waals surface area contributed by atoms with Crippen molar-refractivity contribution in [1.29, 1.82) is 0 Å². The first-order valence-corrected chi connectivity index (χ1v) is 11.1. The lowest BCUT2D eigenvalue weighted by atomic mass is 9.93. The van der Waals surface area contributed by atoms with E-state index in [0.717, 1.165) is 29.9 Å². The molecule has 2 aliphatic rings. The molecule has 1 aliphatic heterocycles. The number of para-hydroxylation sites is 2. The number of anilines is 1. The number of carbonyl (C=O) groups excluding carboxylic acids is 2. The molecular weight excluding hydrogens is 416 g/mol. The first-order chi connectivity index (χ1) is 16.1. The Kier molecular flexibility index (Phi) is 5.71. The maximum Gasteiger partial charge on any atom is 0.235 e. The molecule has 0 saturated carbocycles. The summed E-state index contributed by atoms with van der Waals surface area (Å²) >= 11 is 0. The molecular formula is C26H24N4O3. The van der Waals surface area contributed by atoms with E-state index in [1.165, 1.54) is 12.2 Å². The highest BCUT2D eigenvalue weighted by molar-refractivity contribution is 6.03. The fourth-order valence-corrected chi connectivity index (χ4v) is 4.25. The van der Waals surface area contributed by atoms with Gasteiger partial charge in [0.05, 0.1) is 30.1 Å². The maximum absolute atomic E-state index is 13.6. The van der Waals surface area contributed by atoms with Crippen LogP contribution in [0.2, 0.25) is 0 Å². The van der Waals surface area contributed by atoms with Crippen molar-refractivity contribution >= 4 is 17.4 Å². The second kappa shape index (κ2) is 8.96. The molecule has 1 amide bonds. The number of benzene rings is 2. The lowest BCUT2D eigenvalue weighted by Crippen LogP contribution is -2.59. The number of hydrogen-bond acceptors (Lipinski definition) is 5. The third-order valence-electron chi connectivity index (χ3n) is 5.97. The number of hydrogen-bond donors (Lipinski definition) is 0. The van der Waals surface area contributed by atoms with Crippen LogP contribution in [0.3, 0.4) is 0 Å². The summed E-state index contributed by atoms with van der Waals surface area (Å²) in [5, 5.41) is 8.47. The molecule has 1 unspecified atom stereocenters. The second-order valence-electron chi connectivity index (χ2n) is 8.22. The van der Waals surface area contributed by atoms with Crippen LogP contribution in [0.4, 0.5) is 5.69 Å². The number of aromatic nitrogens is 3. The molecule has 0 N–H and O–H groups in total. The summed E-state index contributed by atoms with van der Waals surface area (Å²) in [6.07, 6.45) is 10.3. The van der Waals surface area contributed by atoms with Crippen LogP contribution < -0.4 is 4.90 Å². The molecule has 5 rings (SSSR count). The minimum atomic E-state index is -1.07. The summed E-state index contributed by atoms with van der Waals surface area (Å²) in [5.74, 6) is -0.404. The average molecular weight is 441 g/mol. The maximum atomic E-state index is 13.6. The zero-order chi connectivity index (χ0) is 22.7. The summed E-state index contributed by atoms with van der Waals surface area (Å²) < 4.78 is 7.97. The van der Waals surface area contributed by atoms with E-state index >= 15 is 0 Å². The van der Waals surface area contributed by atoms with Gasteiger partial charge in [0.25, 0.3) is 0 Å². The van der Waals surface area contributed by atoms with E-state index in [0.29, 0.717) is 13.0 Å². The highest BCUT2D eigenvalue weighted by Gasteiger charge is 2.46. The molecule has 1 saturated heterocycles. The highest BCUT2D eigenvalue weighted by Crippen LogP contribution is 2.36. The number of allylic oxidation sites excluding steroid dienone is 2. The van der Waals surface area contributed by atoms with Gasteiger partial charge in [0.2, 0.25) is 5.91 Å². The second-order valence-corrected chi connectivity index (χ2v) is 8.22. The van der Waals surface area contributed by atoms with Crippen molar-refractivity contribution < 1.29 is 14.3 Å². The van der Waals surface area contributed by atoms with E-state index in [-0.39, 0.29) is 17.6 Å². The van der Waals surface area contributed by atoms with E-state index in [1.54, 1.807) is 21.7 Å². The van der Waals surface area contributed by atoms with Crippen molar-refractivity contribution in [3.05, 3.63) is 96.9 Å². The van der Waals surface area contributed by atoms with Crippen LogP contribution in [-0.2, 0) is 20.7 Å². The molecule has 1 aromatic heterocycles. The summed E-state index contributed by atoms with van der Waals surface area (Å²) in [6, 6.07) is 19.3. The molecule has 1 atom stereocenters. The van der Waals surface area contributed by atoms with E-state index < -0.39 is 5.72 Å². The average Bonchev–Trinajstić information content (AvgIpc) is 3.33. The Hall–Kier alpha value is -3.84. The normalized spacial score (nSPS) is 19.4. The Bertz CT molecular complexity index is 1180. The molecule has 1 spiro atoms. The predicted octanol–water partition coefficient (Wildman–Crippen LogP) is 3.66. The number of nitrogens with zero attached hydrogens (tertiary/aromatic N) is 4. The lowest BCUT2D eigenvalue weighted by Gasteiger charge is -2.46. The van der Waals surface area contributed by atoms with Gasteiger partial charge in [-0.25, -0.2) is 4.68 Å². The Morgan fingerprint density at radius 1 is 0.939 bits per heavy atom.